The number of nitrogens with one attached hydrogen (secondary N) is 1. The van der Waals surface area contributed by atoms with Gasteiger partial charge < -0.3 is 21.0 Å². The van der Waals surface area contributed by atoms with Crippen molar-refractivity contribution in [1.82, 2.24) is 0 Å². The summed E-state index contributed by atoms with van der Waals surface area (Å²) in [5.74, 6) is -0.253. The fourth-order valence-electron chi connectivity index (χ4n) is 1.30. The minimum absolute atomic E-state index is 0.000331. The highest BCUT2D eigenvalue weighted by Gasteiger charge is 2.14. The number of carbonyl (C=O) groups is 1. The molecule has 110 valence electrons. The molecule has 0 saturated heterocycles. The van der Waals surface area contributed by atoms with Crippen molar-refractivity contribution in [2.24, 2.45) is 10.9 Å². The van der Waals surface area contributed by atoms with E-state index < -0.39 is 0 Å². The van der Waals surface area contributed by atoms with Crippen LogP contribution in [0.3, 0.4) is 0 Å². The van der Waals surface area contributed by atoms with Crippen LogP contribution in [0.4, 0.5) is 5.69 Å². The summed E-state index contributed by atoms with van der Waals surface area (Å²) in [6, 6.07) is 4.95. The van der Waals surface area contributed by atoms with Gasteiger partial charge in [0.1, 0.15) is 6.61 Å². The molecular weight excluding hydrogens is 326 g/mol. The maximum absolute atomic E-state index is 11.7. The van der Waals surface area contributed by atoms with Crippen molar-refractivity contribution in [2.75, 3.05) is 11.9 Å². The Labute approximate surface area is 126 Å². The number of amides is 1. The van der Waals surface area contributed by atoms with Gasteiger partial charge in [-0.3, -0.25) is 4.79 Å². The Morgan fingerprint density at radius 3 is 2.65 bits per heavy atom. The molecule has 1 aromatic carbocycles. The Morgan fingerprint density at radius 1 is 1.50 bits per heavy atom. The van der Waals surface area contributed by atoms with Gasteiger partial charge >= 0.3 is 0 Å². The quantitative estimate of drug-likeness (QED) is 0.338. The Kier molecular flexibility index (Phi) is 5.52. The number of benzene rings is 1. The van der Waals surface area contributed by atoms with Gasteiger partial charge in [-0.2, -0.15) is 0 Å². The van der Waals surface area contributed by atoms with Gasteiger partial charge in [-0.25, -0.2) is 0 Å². The number of rotatable bonds is 4. The van der Waals surface area contributed by atoms with Gasteiger partial charge in [0.2, 0.25) is 5.91 Å². The van der Waals surface area contributed by atoms with Crippen LogP contribution in [0.5, 0.6) is 0 Å². The second kappa shape index (κ2) is 6.71. The summed E-state index contributed by atoms with van der Waals surface area (Å²) >= 11 is 3.32. The van der Waals surface area contributed by atoms with E-state index in [-0.39, 0.29) is 24.0 Å². The number of halogens is 1. The van der Waals surface area contributed by atoms with Crippen molar-refractivity contribution >= 4 is 33.4 Å². The van der Waals surface area contributed by atoms with E-state index in [0.717, 1.165) is 0 Å². The smallest absolute Gasteiger partial charge is 0.250 e. The third-order valence-electron chi connectivity index (χ3n) is 2.28. The monoisotopic (exact) mass is 343 g/mol. The molecule has 0 bridgehead atoms. The van der Waals surface area contributed by atoms with E-state index in [2.05, 4.69) is 26.4 Å². The molecule has 0 aromatic heterocycles. The van der Waals surface area contributed by atoms with Crippen LogP contribution in [0.2, 0.25) is 0 Å². The molecule has 6 nitrogen and oxygen atoms in total. The van der Waals surface area contributed by atoms with E-state index in [1.165, 1.54) is 0 Å². The number of anilines is 1. The SMILES string of the molecule is CC(C)(C)OCC(=O)Nc1ccc(/C(N)=N/O)cc1Br. The van der Waals surface area contributed by atoms with Crippen LogP contribution in [-0.2, 0) is 9.53 Å². The van der Waals surface area contributed by atoms with Crippen molar-refractivity contribution in [1.29, 1.82) is 0 Å². The first-order valence-corrected chi connectivity index (χ1v) is 6.73. The molecule has 0 heterocycles. The number of ether oxygens (including phenoxy) is 1. The van der Waals surface area contributed by atoms with Gasteiger partial charge in [-0.15, -0.1) is 0 Å². The van der Waals surface area contributed by atoms with E-state index >= 15 is 0 Å². The third kappa shape index (κ3) is 5.18. The maximum Gasteiger partial charge on any atom is 0.250 e. The van der Waals surface area contributed by atoms with Crippen LogP contribution < -0.4 is 11.1 Å². The number of oxime groups is 1. The fraction of sp³-hybridized carbons (Fsp3) is 0.385. The van der Waals surface area contributed by atoms with Crippen molar-refractivity contribution in [2.45, 2.75) is 26.4 Å². The first-order chi connectivity index (χ1) is 9.23. The van der Waals surface area contributed by atoms with Crippen LogP contribution >= 0.6 is 15.9 Å². The molecule has 1 rings (SSSR count). The van der Waals surface area contributed by atoms with Crippen LogP contribution in [0.1, 0.15) is 26.3 Å². The average molecular weight is 344 g/mol. The zero-order valence-corrected chi connectivity index (χ0v) is 13.2. The van der Waals surface area contributed by atoms with Crippen LogP contribution in [0.25, 0.3) is 0 Å². The molecule has 1 aromatic rings. The molecule has 4 N–H and O–H groups in total. The summed E-state index contributed by atoms with van der Waals surface area (Å²) in [6.45, 7) is 5.60. The highest BCUT2D eigenvalue weighted by molar-refractivity contribution is 9.10. The number of nitrogens with two attached hydrogens (primary N) is 1. The Morgan fingerprint density at radius 2 is 2.15 bits per heavy atom. The number of hydrogen-bond acceptors (Lipinski definition) is 4. The normalized spacial score (nSPS) is 12.3. The molecule has 0 spiro atoms. The molecule has 7 heteroatoms. The molecular formula is C13H18BrN3O3. The van der Waals surface area contributed by atoms with Crippen molar-refractivity contribution in [3.63, 3.8) is 0 Å². The van der Waals surface area contributed by atoms with Gasteiger partial charge in [0.15, 0.2) is 5.84 Å². The van der Waals surface area contributed by atoms with E-state index in [9.17, 15) is 4.79 Å². The van der Waals surface area contributed by atoms with Crippen LogP contribution in [-0.4, -0.2) is 29.2 Å². The van der Waals surface area contributed by atoms with Crippen LogP contribution in [0.15, 0.2) is 27.8 Å². The summed E-state index contributed by atoms with van der Waals surface area (Å²) in [4.78, 5) is 11.7. The average Bonchev–Trinajstić information content (AvgIpc) is 2.37. The molecule has 0 fully saturated rings. The molecule has 0 aliphatic carbocycles. The van der Waals surface area contributed by atoms with E-state index in [0.29, 0.717) is 15.7 Å². The number of hydrogen-bond donors (Lipinski definition) is 3. The summed E-state index contributed by atoms with van der Waals surface area (Å²) in [6.07, 6.45) is 0. The van der Waals surface area contributed by atoms with Gasteiger partial charge in [-0.1, -0.05) is 5.16 Å². The molecule has 0 radical (unpaired) electrons. The number of nitrogens with zero attached hydrogens (tertiary/aromatic N) is 1. The molecule has 0 atom stereocenters. The van der Waals surface area contributed by atoms with E-state index in [4.69, 9.17) is 15.7 Å². The predicted octanol–water partition coefficient (Wildman–Crippen LogP) is 2.30. The highest BCUT2D eigenvalue weighted by atomic mass is 79.9. The van der Waals surface area contributed by atoms with Crippen molar-refractivity contribution < 1.29 is 14.7 Å². The molecule has 0 saturated carbocycles. The predicted molar refractivity (Wildman–Crippen MR) is 81.0 cm³/mol. The van der Waals surface area contributed by atoms with Gasteiger partial charge in [0.05, 0.1) is 11.3 Å². The summed E-state index contributed by atoms with van der Waals surface area (Å²) < 4.78 is 6.01. The third-order valence-corrected chi connectivity index (χ3v) is 2.94. The lowest BCUT2D eigenvalue weighted by atomic mass is 10.2. The van der Waals surface area contributed by atoms with E-state index in [1.807, 2.05) is 20.8 Å². The van der Waals surface area contributed by atoms with Gasteiger partial charge in [0.25, 0.3) is 0 Å². The Balaban J connectivity index is 2.72. The highest BCUT2D eigenvalue weighted by Crippen LogP contribution is 2.23. The first-order valence-electron chi connectivity index (χ1n) is 5.94. The zero-order valence-electron chi connectivity index (χ0n) is 11.6. The van der Waals surface area contributed by atoms with Gasteiger partial charge in [-0.05, 0) is 54.9 Å². The lowest BCUT2D eigenvalue weighted by Gasteiger charge is -2.19. The maximum atomic E-state index is 11.7. The molecule has 0 unspecified atom stereocenters. The molecule has 1 amide bonds. The lowest BCUT2D eigenvalue weighted by Crippen LogP contribution is -2.27. The second-order valence-electron chi connectivity index (χ2n) is 5.13. The lowest BCUT2D eigenvalue weighted by molar-refractivity contribution is -0.125. The molecule has 20 heavy (non-hydrogen) atoms. The zero-order chi connectivity index (χ0) is 15.3. The summed E-state index contributed by atoms with van der Waals surface area (Å²) in [7, 11) is 0. The van der Waals surface area contributed by atoms with Crippen LogP contribution in [0, 0.1) is 0 Å². The molecule has 0 aliphatic rings. The number of amidine groups is 1. The van der Waals surface area contributed by atoms with E-state index in [1.54, 1.807) is 18.2 Å². The summed E-state index contributed by atoms with van der Waals surface area (Å²) in [5, 5.41) is 14.2. The number of carbonyl (C=O) groups excluding carboxylic acids is 1. The summed E-state index contributed by atoms with van der Waals surface area (Å²) in [5.41, 5.74) is 6.24. The standard InChI is InChI=1S/C13H18BrN3O3/c1-13(2,3)20-7-11(18)16-10-5-4-8(6-9(10)14)12(15)17-19/h4-6,19H,7H2,1-3H3,(H2,15,17)(H,16,18). The first kappa shape index (κ1) is 16.5. The minimum Gasteiger partial charge on any atom is -0.409 e. The van der Waals surface area contributed by atoms with Crippen molar-refractivity contribution in [3.8, 4) is 0 Å². The van der Waals surface area contributed by atoms with Gasteiger partial charge in [0, 0.05) is 10.0 Å². The second-order valence-corrected chi connectivity index (χ2v) is 5.98. The van der Waals surface area contributed by atoms with Crippen molar-refractivity contribution in [3.05, 3.63) is 28.2 Å². The minimum atomic E-state index is -0.371. The largest absolute Gasteiger partial charge is 0.409 e. The topological polar surface area (TPSA) is 96.9 Å². The molecule has 0 aliphatic heterocycles. The Bertz CT molecular complexity index is 524. The fourth-order valence-corrected chi connectivity index (χ4v) is 1.78. The Hall–Kier alpha value is -1.60.